The molecule has 5 heteroatoms. The van der Waals surface area contributed by atoms with Crippen LogP contribution in [0.1, 0.15) is 35.2 Å². The van der Waals surface area contributed by atoms with E-state index in [1.54, 1.807) is 25.1 Å². The third kappa shape index (κ3) is 3.76. The highest BCUT2D eigenvalue weighted by atomic mass is 32.2. The van der Waals surface area contributed by atoms with Gasteiger partial charge in [0, 0.05) is 6.42 Å². The van der Waals surface area contributed by atoms with Crippen LogP contribution in [-0.4, -0.2) is 28.5 Å². The zero-order chi connectivity index (χ0) is 14.5. The molecule has 1 aromatic carbocycles. The van der Waals surface area contributed by atoms with Crippen molar-refractivity contribution in [1.82, 2.24) is 0 Å². The van der Waals surface area contributed by atoms with Crippen molar-refractivity contribution in [2.75, 3.05) is 16.8 Å². The predicted octanol–water partition coefficient (Wildman–Crippen LogP) is 3.17. The van der Waals surface area contributed by atoms with E-state index in [0.29, 0.717) is 23.6 Å². The number of carboxylic acid groups (broad SMARTS) is 1. The topological polar surface area (TPSA) is 66.4 Å². The first-order valence-corrected chi connectivity index (χ1v) is 7.94. The second kappa shape index (κ2) is 6.79. The molecule has 1 aliphatic rings. The van der Waals surface area contributed by atoms with E-state index in [1.165, 1.54) is 0 Å². The molecule has 1 heterocycles. The average Bonchev–Trinajstić information content (AvgIpc) is 2.39. The quantitative estimate of drug-likeness (QED) is 0.895. The summed E-state index contributed by atoms with van der Waals surface area (Å²) in [5.41, 5.74) is 1.23. The molecule has 0 aliphatic carbocycles. The van der Waals surface area contributed by atoms with Gasteiger partial charge in [0.25, 0.3) is 0 Å². The van der Waals surface area contributed by atoms with Gasteiger partial charge in [-0.2, -0.15) is 11.8 Å². The van der Waals surface area contributed by atoms with Crippen LogP contribution in [0.25, 0.3) is 0 Å². The molecule has 0 radical (unpaired) electrons. The van der Waals surface area contributed by atoms with Gasteiger partial charge in [0.1, 0.15) is 0 Å². The number of hydrogen-bond acceptors (Lipinski definition) is 3. The number of aryl methyl sites for hydroxylation is 1. The molecule has 1 fully saturated rings. The number of carboxylic acids is 1. The summed E-state index contributed by atoms with van der Waals surface area (Å²) < 4.78 is 0. The zero-order valence-electron chi connectivity index (χ0n) is 11.5. The fraction of sp³-hybridized carbons (Fsp3) is 0.467. The maximum atomic E-state index is 12.1. The number of rotatable bonds is 4. The van der Waals surface area contributed by atoms with Crippen LogP contribution >= 0.6 is 11.8 Å². The van der Waals surface area contributed by atoms with E-state index >= 15 is 0 Å². The normalized spacial score (nSPS) is 15.8. The smallest absolute Gasteiger partial charge is 0.338 e. The van der Waals surface area contributed by atoms with E-state index in [1.807, 2.05) is 11.8 Å². The van der Waals surface area contributed by atoms with Crippen molar-refractivity contribution in [1.29, 1.82) is 0 Å². The second-order valence-corrected chi connectivity index (χ2v) is 6.34. The monoisotopic (exact) mass is 293 g/mol. The first-order chi connectivity index (χ1) is 9.58. The standard InChI is InChI=1S/C15H19NO3S/c1-10-3-2-4-12(14(10)15(18)19)16-13(17)9-11-5-7-20-8-6-11/h2-4,11H,5-9H2,1H3,(H,16,17)(H,18,19). The Kier molecular flexibility index (Phi) is 5.06. The summed E-state index contributed by atoms with van der Waals surface area (Å²) in [4.78, 5) is 23.3. The first kappa shape index (κ1) is 14.9. The lowest BCUT2D eigenvalue weighted by atomic mass is 9.98. The molecule has 0 atom stereocenters. The number of hydrogen-bond donors (Lipinski definition) is 2. The molecule has 0 unspecified atom stereocenters. The van der Waals surface area contributed by atoms with Crippen LogP contribution in [0.5, 0.6) is 0 Å². The summed E-state index contributed by atoms with van der Waals surface area (Å²) in [6, 6.07) is 5.14. The fourth-order valence-electron chi connectivity index (χ4n) is 2.47. The van der Waals surface area contributed by atoms with Gasteiger partial charge in [-0.3, -0.25) is 4.79 Å². The lowest BCUT2D eigenvalue weighted by Crippen LogP contribution is -2.21. The summed E-state index contributed by atoms with van der Waals surface area (Å²) in [5.74, 6) is 1.56. The van der Waals surface area contributed by atoms with Gasteiger partial charge in [-0.05, 0) is 48.8 Å². The minimum atomic E-state index is -1.01. The summed E-state index contributed by atoms with van der Waals surface area (Å²) >= 11 is 1.93. The van der Waals surface area contributed by atoms with Gasteiger partial charge in [0.15, 0.2) is 0 Å². The number of benzene rings is 1. The van der Waals surface area contributed by atoms with E-state index in [0.717, 1.165) is 24.3 Å². The summed E-state index contributed by atoms with van der Waals surface area (Å²) in [5, 5.41) is 12.0. The van der Waals surface area contributed by atoms with Crippen molar-refractivity contribution >= 4 is 29.3 Å². The highest BCUT2D eigenvalue weighted by Crippen LogP contribution is 2.26. The van der Waals surface area contributed by atoms with Gasteiger partial charge in [0.2, 0.25) is 5.91 Å². The number of amides is 1. The lowest BCUT2D eigenvalue weighted by molar-refractivity contribution is -0.117. The minimum Gasteiger partial charge on any atom is -0.478 e. The third-order valence-corrected chi connectivity index (χ3v) is 4.62. The van der Waals surface area contributed by atoms with Crippen molar-refractivity contribution in [3.63, 3.8) is 0 Å². The predicted molar refractivity (Wildman–Crippen MR) is 81.4 cm³/mol. The molecule has 0 aromatic heterocycles. The van der Waals surface area contributed by atoms with E-state index < -0.39 is 5.97 Å². The largest absolute Gasteiger partial charge is 0.478 e. The second-order valence-electron chi connectivity index (χ2n) is 5.11. The average molecular weight is 293 g/mol. The van der Waals surface area contributed by atoms with Crippen LogP contribution in [-0.2, 0) is 4.79 Å². The SMILES string of the molecule is Cc1cccc(NC(=O)CC2CCSCC2)c1C(=O)O. The van der Waals surface area contributed by atoms with Gasteiger partial charge >= 0.3 is 5.97 Å². The molecule has 20 heavy (non-hydrogen) atoms. The molecule has 1 aromatic rings. The molecule has 1 saturated heterocycles. The summed E-state index contributed by atoms with van der Waals surface area (Å²) in [6.45, 7) is 1.73. The van der Waals surface area contributed by atoms with Gasteiger partial charge in [-0.25, -0.2) is 4.79 Å². The number of carbonyl (C=O) groups is 2. The van der Waals surface area contributed by atoms with Crippen LogP contribution in [0, 0.1) is 12.8 Å². The molecular formula is C15H19NO3S. The van der Waals surface area contributed by atoms with E-state index in [4.69, 9.17) is 0 Å². The Balaban J connectivity index is 2.04. The number of thioether (sulfide) groups is 1. The minimum absolute atomic E-state index is 0.0880. The molecule has 0 spiro atoms. The maximum absolute atomic E-state index is 12.1. The van der Waals surface area contributed by atoms with Crippen molar-refractivity contribution < 1.29 is 14.7 Å². The molecule has 2 N–H and O–H groups in total. The molecule has 0 bridgehead atoms. The van der Waals surface area contributed by atoms with Crippen molar-refractivity contribution in [3.8, 4) is 0 Å². The van der Waals surface area contributed by atoms with Crippen LogP contribution in [0.3, 0.4) is 0 Å². The number of anilines is 1. The Morgan fingerprint density at radius 2 is 2.05 bits per heavy atom. The molecule has 1 amide bonds. The first-order valence-electron chi connectivity index (χ1n) is 6.78. The molecule has 2 rings (SSSR count). The van der Waals surface area contributed by atoms with Crippen molar-refractivity contribution in [2.45, 2.75) is 26.2 Å². The van der Waals surface area contributed by atoms with Crippen LogP contribution in [0.2, 0.25) is 0 Å². The number of nitrogens with one attached hydrogen (secondary N) is 1. The van der Waals surface area contributed by atoms with Gasteiger partial charge in [-0.1, -0.05) is 12.1 Å². The Bertz CT molecular complexity index is 510. The maximum Gasteiger partial charge on any atom is 0.338 e. The highest BCUT2D eigenvalue weighted by Gasteiger charge is 2.19. The van der Waals surface area contributed by atoms with E-state index in [2.05, 4.69) is 5.32 Å². The molecule has 4 nitrogen and oxygen atoms in total. The lowest BCUT2D eigenvalue weighted by Gasteiger charge is -2.21. The molecule has 108 valence electrons. The Labute approximate surface area is 123 Å². The van der Waals surface area contributed by atoms with Crippen molar-refractivity contribution in [3.05, 3.63) is 29.3 Å². The fourth-order valence-corrected chi connectivity index (χ4v) is 3.67. The number of carbonyl (C=O) groups excluding carboxylic acids is 1. The summed E-state index contributed by atoms with van der Waals surface area (Å²) in [6.07, 6.45) is 2.61. The molecule has 0 saturated carbocycles. The molecule has 1 aliphatic heterocycles. The van der Waals surface area contributed by atoms with Crippen LogP contribution in [0.4, 0.5) is 5.69 Å². The van der Waals surface area contributed by atoms with Crippen LogP contribution < -0.4 is 5.32 Å². The van der Waals surface area contributed by atoms with E-state index in [9.17, 15) is 14.7 Å². The zero-order valence-corrected chi connectivity index (χ0v) is 12.3. The highest BCUT2D eigenvalue weighted by molar-refractivity contribution is 7.99. The van der Waals surface area contributed by atoms with Crippen LogP contribution in [0.15, 0.2) is 18.2 Å². The Morgan fingerprint density at radius 1 is 1.35 bits per heavy atom. The summed E-state index contributed by atoms with van der Waals surface area (Å²) in [7, 11) is 0. The number of aromatic carboxylic acids is 1. The molecular weight excluding hydrogens is 274 g/mol. The van der Waals surface area contributed by atoms with Gasteiger partial charge < -0.3 is 10.4 Å². The van der Waals surface area contributed by atoms with Gasteiger partial charge in [-0.15, -0.1) is 0 Å². The van der Waals surface area contributed by atoms with Gasteiger partial charge in [0.05, 0.1) is 11.3 Å². The third-order valence-electron chi connectivity index (χ3n) is 3.58. The Morgan fingerprint density at radius 3 is 2.70 bits per heavy atom. The van der Waals surface area contributed by atoms with E-state index in [-0.39, 0.29) is 11.5 Å². The Hall–Kier alpha value is -1.49. The van der Waals surface area contributed by atoms with Crippen molar-refractivity contribution in [2.24, 2.45) is 5.92 Å².